The minimum Gasteiger partial charge on any atom is -0.373 e. The first-order valence-electron chi connectivity index (χ1n) is 8.37. The van der Waals surface area contributed by atoms with Crippen LogP contribution in [0.4, 0.5) is 0 Å². The summed E-state index contributed by atoms with van der Waals surface area (Å²) in [6.07, 6.45) is 2.78. The van der Waals surface area contributed by atoms with Crippen molar-refractivity contribution in [1.82, 2.24) is 9.80 Å². The van der Waals surface area contributed by atoms with Gasteiger partial charge in [-0.05, 0) is 38.8 Å². The van der Waals surface area contributed by atoms with Crippen molar-refractivity contribution >= 4 is 5.91 Å². The van der Waals surface area contributed by atoms with E-state index in [-0.39, 0.29) is 18.1 Å². The smallest absolute Gasteiger partial charge is 0.254 e. The molecule has 2 saturated heterocycles. The summed E-state index contributed by atoms with van der Waals surface area (Å²) in [4.78, 5) is 17.2. The number of ether oxygens (including phenoxy) is 1. The van der Waals surface area contributed by atoms with Crippen LogP contribution in [0.2, 0.25) is 0 Å². The molecule has 3 atom stereocenters. The quantitative estimate of drug-likeness (QED) is 0.859. The van der Waals surface area contributed by atoms with Gasteiger partial charge in [-0.15, -0.1) is 0 Å². The van der Waals surface area contributed by atoms with Crippen LogP contribution in [0.5, 0.6) is 0 Å². The second kappa shape index (κ2) is 6.80. The lowest BCUT2D eigenvalue weighted by molar-refractivity contribution is -0.0715. The summed E-state index contributed by atoms with van der Waals surface area (Å²) in [6.45, 7) is 8.04. The van der Waals surface area contributed by atoms with Gasteiger partial charge in [0.1, 0.15) is 0 Å². The van der Waals surface area contributed by atoms with Crippen molar-refractivity contribution in [1.29, 1.82) is 0 Å². The van der Waals surface area contributed by atoms with Gasteiger partial charge in [0.15, 0.2) is 0 Å². The first-order valence-corrected chi connectivity index (χ1v) is 8.37. The van der Waals surface area contributed by atoms with E-state index in [1.807, 2.05) is 30.3 Å². The molecule has 0 radical (unpaired) electrons. The van der Waals surface area contributed by atoms with E-state index in [1.54, 1.807) is 0 Å². The molecule has 120 valence electrons. The van der Waals surface area contributed by atoms with Crippen molar-refractivity contribution in [2.75, 3.05) is 26.2 Å². The third kappa shape index (κ3) is 3.50. The maximum atomic E-state index is 12.7. The Balaban J connectivity index is 1.64. The molecule has 2 aliphatic rings. The molecule has 4 nitrogen and oxygen atoms in total. The summed E-state index contributed by atoms with van der Waals surface area (Å²) in [5.41, 5.74) is 0.804. The lowest BCUT2D eigenvalue weighted by Gasteiger charge is -2.38. The standard InChI is InChI=1S/C18H26N2O2/c1-14-11-19(12-15(2)22-14)13-17-9-6-10-20(17)18(21)16-7-4-3-5-8-16/h3-5,7-8,14-15,17H,6,9-13H2,1-2H3. The molecule has 4 heteroatoms. The number of rotatable bonds is 3. The molecule has 2 heterocycles. The number of carbonyl (C=O) groups excluding carboxylic acids is 1. The van der Waals surface area contributed by atoms with Gasteiger partial charge < -0.3 is 9.64 Å². The van der Waals surface area contributed by atoms with Crippen LogP contribution in [0.15, 0.2) is 30.3 Å². The molecule has 1 aromatic rings. The van der Waals surface area contributed by atoms with Crippen molar-refractivity contribution in [3.05, 3.63) is 35.9 Å². The van der Waals surface area contributed by atoms with Crippen LogP contribution in [0, 0.1) is 0 Å². The van der Waals surface area contributed by atoms with E-state index in [1.165, 1.54) is 0 Å². The second-order valence-corrected chi connectivity index (χ2v) is 6.64. The Hall–Kier alpha value is -1.39. The summed E-state index contributed by atoms with van der Waals surface area (Å²) in [7, 11) is 0. The second-order valence-electron chi connectivity index (χ2n) is 6.64. The van der Waals surface area contributed by atoms with E-state index in [0.29, 0.717) is 6.04 Å². The molecule has 0 aliphatic carbocycles. The predicted octanol–water partition coefficient (Wildman–Crippen LogP) is 2.40. The molecule has 2 aliphatic heterocycles. The highest BCUT2D eigenvalue weighted by atomic mass is 16.5. The average molecular weight is 302 g/mol. The van der Waals surface area contributed by atoms with Gasteiger partial charge in [-0.25, -0.2) is 0 Å². The molecule has 1 aromatic carbocycles. The van der Waals surface area contributed by atoms with E-state index < -0.39 is 0 Å². The number of amides is 1. The van der Waals surface area contributed by atoms with Crippen molar-refractivity contribution in [2.45, 2.75) is 44.9 Å². The Labute approximate surface area is 133 Å². The molecule has 3 unspecified atom stereocenters. The van der Waals surface area contributed by atoms with Gasteiger partial charge in [0.2, 0.25) is 0 Å². The third-order valence-corrected chi connectivity index (χ3v) is 4.62. The van der Waals surface area contributed by atoms with E-state index in [0.717, 1.165) is 44.6 Å². The molecule has 3 rings (SSSR count). The molecule has 0 bridgehead atoms. The summed E-state index contributed by atoms with van der Waals surface area (Å²) in [6, 6.07) is 9.99. The Morgan fingerprint density at radius 3 is 2.55 bits per heavy atom. The fraction of sp³-hybridized carbons (Fsp3) is 0.611. The predicted molar refractivity (Wildman–Crippen MR) is 86.9 cm³/mol. The summed E-state index contributed by atoms with van der Waals surface area (Å²) < 4.78 is 5.80. The Morgan fingerprint density at radius 2 is 1.86 bits per heavy atom. The van der Waals surface area contributed by atoms with Gasteiger partial charge in [-0.2, -0.15) is 0 Å². The highest BCUT2D eigenvalue weighted by Crippen LogP contribution is 2.22. The van der Waals surface area contributed by atoms with E-state index in [4.69, 9.17) is 4.74 Å². The largest absolute Gasteiger partial charge is 0.373 e. The number of carbonyl (C=O) groups is 1. The van der Waals surface area contributed by atoms with Crippen LogP contribution in [0.1, 0.15) is 37.0 Å². The number of hydrogen-bond donors (Lipinski definition) is 0. The van der Waals surface area contributed by atoms with E-state index in [9.17, 15) is 4.79 Å². The average Bonchev–Trinajstić information content (AvgIpc) is 2.94. The fourth-order valence-electron chi connectivity index (χ4n) is 3.77. The van der Waals surface area contributed by atoms with Gasteiger partial charge in [-0.3, -0.25) is 9.69 Å². The zero-order valence-corrected chi connectivity index (χ0v) is 13.6. The molecular formula is C18H26N2O2. The molecule has 0 aromatic heterocycles. The maximum Gasteiger partial charge on any atom is 0.254 e. The minimum atomic E-state index is 0.178. The molecule has 0 saturated carbocycles. The SMILES string of the molecule is CC1CN(CC2CCCN2C(=O)c2ccccc2)CC(C)O1. The minimum absolute atomic E-state index is 0.178. The van der Waals surface area contributed by atoms with Crippen LogP contribution in [-0.2, 0) is 4.74 Å². The number of benzene rings is 1. The van der Waals surface area contributed by atoms with Gasteiger partial charge >= 0.3 is 0 Å². The number of hydrogen-bond acceptors (Lipinski definition) is 3. The third-order valence-electron chi connectivity index (χ3n) is 4.62. The Bertz CT molecular complexity index is 495. The molecule has 1 amide bonds. The summed E-state index contributed by atoms with van der Waals surface area (Å²) >= 11 is 0. The first-order chi connectivity index (χ1) is 10.6. The van der Waals surface area contributed by atoms with Crippen molar-refractivity contribution in [3.63, 3.8) is 0 Å². The Kier molecular flexibility index (Phi) is 4.79. The molecule has 2 fully saturated rings. The van der Waals surface area contributed by atoms with Crippen LogP contribution in [0.3, 0.4) is 0 Å². The summed E-state index contributed by atoms with van der Waals surface area (Å²) in [5.74, 6) is 0.178. The monoisotopic (exact) mass is 302 g/mol. The van der Waals surface area contributed by atoms with Crippen LogP contribution < -0.4 is 0 Å². The van der Waals surface area contributed by atoms with Gasteiger partial charge in [-0.1, -0.05) is 18.2 Å². The van der Waals surface area contributed by atoms with Crippen molar-refractivity contribution in [3.8, 4) is 0 Å². The molecule has 22 heavy (non-hydrogen) atoms. The van der Waals surface area contributed by atoms with Crippen molar-refractivity contribution in [2.24, 2.45) is 0 Å². The molecule has 0 spiro atoms. The number of likely N-dealkylation sites (tertiary alicyclic amines) is 1. The molecule has 0 N–H and O–H groups in total. The number of nitrogens with zero attached hydrogens (tertiary/aromatic N) is 2. The topological polar surface area (TPSA) is 32.8 Å². The van der Waals surface area contributed by atoms with Crippen LogP contribution in [-0.4, -0.2) is 60.1 Å². The van der Waals surface area contributed by atoms with Crippen LogP contribution >= 0.6 is 0 Å². The number of morpholine rings is 1. The lowest BCUT2D eigenvalue weighted by atomic mass is 10.1. The van der Waals surface area contributed by atoms with Crippen molar-refractivity contribution < 1.29 is 9.53 Å². The van der Waals surface area contributed by atoms with E-state index in [2.05, 4.69) is 23.6 Å². The van der Waals surface area contributed by atoms with Crippen LogP contribution in [0.25, 0.3) is 0 Å². The Morgan fingerprint density at radius 1 is 1.18 bits per heavy atom. The van der Waals surface area contributed by atoms with Gasteiger partial charge in [0.25, 0.3) is 5.91 Å². The maximum absolute atomic E-state index is 12.7. The summed E-state index contributed by atoms with van der Waals surface area (Å²) in [5, 5.41) is 0. The normalized spacial score (nSPS) is 29.7. The zero-order chi connectivity index (χ0) is 15.5. The van der Waals surface area contributed by atoms with E-state index >= 15 is 0 Å². The lowest BCUT2D eigenvalue weighted by Crippen LogP contribution is -2.50. The van der Waals surface area contributed by atoms with Gasteiger partial charge in [0.05, 0.1) is 12.2 Å². The van der Waals surface area contributed by atoms with Gasteiger partial charge in [0, 0.05) is 37.8 Å². The molecular weight excluding hydrogens is 276 g/mol. The highest BCUT2D eigenvalue weighted by Gasteiger charge is 2.32. The highest BCUT2D eigenvalue weighted by molar-refractivity contribution is 5.94. The fourth-order valence-corrected chi connectivity index (χ4v) is 3.77. The zero-order valence-electron chi connectivity index (χ0n) is 13.6. The first kappa shape index (κ1) is 15.5.